The van der Waals surface area contributed by atoms with Crippen LogP contribution in [-0.2, 0) is 0 Å². The number of pyridine rings is 1. The minimum absolute atomic E-state index is 0.200. The summed E-state index contributed by atoms with van der Waals surface area (Å²) in [4.78, 5) is 29.4. The van der Waals surface area contributed by atoms with Crippen molar-refractivity contribution in [1.29, 1.82) is 0 Å². The van der Waals surface area contributed by atoms with Gasteiger partial charge in [0.05, 0.1) is 5.56 Å². The van der Waals surface area contributed by atoms with Crippen molar-refractivity contribution in [1.82, 2.24) is 15.2 Å². The summed E-state index contributed by atoms with van der Waals surface area (Å²) in [6, 6.07) is 3.36. The highest BCUT2D eigenvalue weighted by Crippen LogP contribution is 2.22. The van der Waals surface area contributed by atoms with Gasteiger partial charge in [-0.2, -0.15) is 0 Å². The molecule has 0 radical (unpaired) electrons. The summed E-state index contributed by atoms with van der Waals surface area (Å²) in [7, 11) is 0. The third-order valence-corrected chi connectivity index (χ3v) is 3.65. The first-order valence-electron chi connectivity index (χ1n) is 6.29. The molecule has 5 nitrogen and oxygen atoms in total. The van der Waals surface area contributed by atoms with Gasteiger partial charge in [-0.05, 0) is 44.0 Å². The number of imide groups is 1. The van der Waals surface area contributed by atoms with Crippen LogP contribution in [-0.4, -0.2) is 41.3 Å². The van der Waals surface area contributed by atoms with Gasteiger partial charge in [-0.15, -0.1) is 0 Å². The van der Waals surface area contributed by atoms with Gasteiger partial charge in [0.1, 0.15) is 5.69 Å². The van der Waals surface area contributed by atoms with Crippen LogP contribution in [0.15, 0.2) is 18.3 Å². The SMILES string of the molecule is O=C1c2cccnc2C(=O)N1CCC1CCNC1. The minimum atomic E-state index is -0.249. The molecule has 0 saturated carbocycles. The molecule has 1 fully saturated rings. The van der Waals surface area contributed by atoms with E-state index < -0.39 is 0 Å². The van der Waals surface area contributed by atoms with Crippen molar-refractivity contribution in [3.8, 4) is 0 Å². The average molecular weight is 245 g/mol. The molecule has 0 aliphatic carbocycles. The van der Waals surface area contributed by atoms with Crippen LogP contribution >= 0.6 is 0 Å². The van der Waals surface area contributed by atoms with Crippen LogP contribution < -0.4 is 5.32 Å². The van der Waals surface area contributed by atoms with E-state index in [-0.39, 0.29) is 11.8 Å². The molecule has 0 aromatic carbocycles. The predicted molar refractivity (Wildman–Crippen MR) is 65.2 cm³/mol. The number of nitrogens with one attached hydrogen (secondary N) is 1. The van der Waals surface area contributed by atoms with Crippen molar-refractivity contribution in [2.45, 2.75) is 12.8 Å². The molecular weight excluding hydrogens is 230 g/mol. The van der Waals surface area contributed by atoms with E-state index in [0.717, 1.165) is 25.9 Å². The van der Waals surface area contributed by atoms with Crippen LogP contribution in [0, 0.1) is 5.92 Å². The van der Waals surface area contributed by atoms with Crippen LogP contribution in [0.4, 0.5) is 0 Å². The molecule has 2 aliphatic rings. The lowest BCUT2D eigenvalue weighted by atomic mass is 10.1. The van der Waals surface area contributed by atoms with E-state index in [1.807, 2.05) is 0 Å². The average Bonchev–Trinajstić information content (AvgIpc) is 2.98. The van der Waals surface area contributed by atoms with Gasteiger partial charge in [0.15, 0.2) is 0 Å². The van der Waals surface area contributed by atoms with Gasteiger partial charge in [0, 0.05) is 12.7 Å². The first-order valence-corrected chi connectivity index (χ1v) is 6.29. The van der Waals surface area contributed by atoms with E-state index >= 15 is 0 Å². The van der Waals surface area contributed by atoms with Gasteiger partial charge in [0.2, 0.25) is 0 Å². The van der Waals surface area contributed by atoms with Gasteiger partial charge in [-0.1, -0.05) is 0 Å². The highest BCUT2D eigenvalue weighted by molar-refractivity contribution is 6.20. The van der Waals surface area contributed by atoms with Crippen molar-refractivity contribution < 1.29 is 9.59 Å². The molecule has 1 N–H and O–H groups in total. The molecule has 0 bridgehead atoms. The number of aromatic nitrogens is 1. The molecule has 1 aromatic heterocycles. The molecule has 0 spiro atoms. The van der Waals surface area contributed by atoms with Crippen molar-refractivity contribution in [2.75, 3.05) is 19.6 Å². The Balaban J connectivity index is 1.71. The second-order valence-corrected chi connectivity index (χ2v) is 4.81. The zero-order valence-corrected chi connectivity index (χ0v) is 10.1. The quantitative estimate of drug-likeness (QED) is 0.795. The third-order valence-electron chi connectivity index (χ3n) is 3.65. The second-order valence-electron chi connectivity index (χ2n) is 4.81. The van der Waals surface area contributed by atoms with E-state index in [1.165, 1.54) is 4.90 Å². The normalized spacial score (nSPS) is 22.7. The molecular formula is C13H15N3O2. The molecule has 3 rings (SSSR count). The van der Waals surface area contributed by atoms with Crippen LogP contribution in [0.3, 0.4) is 0 Å². The topological polar surface area (TPSA) is 62.3 Å². The zero-order chi connectivity index (χ0) is 12.5. The summed E-state index contributed by atoms with van der Waals surface area (Å²) in [6.07, 6.45) is 3.55. The van der Waals surface area contributed by atoms with Crippen LogP contribution in [0.2, 0.25) is 0 Å². The van der Waals surface area contributed by atoms with Gasteiger partial charge in [-0.25, -0.2) is 0 Å². The van der Waals surface area contributed by atoms with Crippen LogP contribution in [0.25, 0.3) is 0 Å². The third kappa shape index (κ3) is 1.80. The van der Waals surface area contributed by atoms with Gasteiger partial charge in [-0.3, -0.25) is 19.5 Å². The first-order chi connectivity index (χ1) is 8.77. The fourth-order valence-electron chi connectivity index (χ4n) is 2.59. The van der Waals surface area contributed by atoms with E-state index in [9.17, 15) is 9.59 Å². The lowest BCUT2D eigenvalue weighted by Gasteiger charge is -2.15. The second kappa shape index (κ2) is 4.49. The van der Waals surface area contributed by atoms with E-state index in [0.29, 0.717) is 23.7 Å². The Morgan fingerprint density at radius 1 is 1.39 bits per heavy atom. The van der Waals surface area contributed by atoms with Crippen molar-refractivity contribution in [3.63, 3.8) is 0 Å². The van der Waals surface area contributed by atoms with E-state index in [2.05, 4.69) is 10.3 Å². The molecule has 1 unspecified atom stereocenters. The Labute approximate surface area is 105 Å². The number of hydrogen-bond acceptors (Lipinski definition) is 4. The molecule has 1 aromatic rings. The number of carbonyl (C=O) groups is 2. The number of rotatable bonds is 3. The number of carbonyl (C=O) groups excluding carboxylic acids is 2. The van der Waals surface area contributed by atoms with Crippen molar-refractivity contribution in [3.05, 3.63) is 29.6 Å². The maximum absolute atomic E-state index is 12.1. The van der Waals surface area contributed by atoms with Crippen molar-refractivity contribution >= 4 is 11.8 Å². The summed E-state index contributed by atoms with van der Waals surface area (Å²) in [5, 5.41) is 3.29. The lowest BCUT2D eigenvalue weighted by Crippen LogP contribution is -2.32. The number of fused-ring (bicyclic) bond motifs is 1. The summed E-state index contributed by atoms with van der Waals surface area (Å²) in [5.41, 5.74) is 0.735. The molecule has 2 aliphatic heterocycles. The molecule has 18 heavy (non-hydrogen) atoms. The Bertz CT molecular complexity index is 460. The van der Waals surface area contributed by atoms with Crippen LogP contribution in [0.5, 0.6) is 0 Å². The summed E-state index contributed by atoms with van der Waals surface area (Å²) in [5.74, 6) is 0.123. The van der Waals surface area contributed by atoms with Gasteiger partial charge in [0.25, 0.3) is 11.8 Å². The fourth-order valence-corrected chi connectivity index (χ4v) is 2.59. The summed E-state index contributed by atoms with van der Waals surface area (Å²) >= 11 is 0. The molecule has 94 valence electrons. The predicted octanol–water partition coefficient (Wildman–Crippen LogP) is 0.677. The lowest BCUT2D eigenvalue weighted by molar-refractivity contribution is 0.0645. The number of hydrogen-bond donors (Lipinski definition) is 1. The van der Waals surface area contributed by atoms with E-state index in [4.69, 9.17) is 0 Å². The first kappa shape index (κ1) is 11.3. The fraction of sp³-hybridized carbons (Fsp3) is 0.462. The molecule has 3 heterocycles. The molecule has 1 atom stereocenters. The van der Waals surface area contributed by atoms with Crippen LogP contribution in [0.1, 0.15) is 33.7 Å². The molecule has 1 saturated heterocycles. The Hall–Kier alpha value is -1.75. The molecule has 5 heteroatoms. The number of amides is 2. The largest absolute Gasteiger partial charge is 0.316 e. The van der Waals surface area contributed by atoms with Crippen molar-refractivity contribution in [2.24, 2.45) is 5.92 Å². The Morgan fingerprint density at radius 2 is 2.28 bits per heavy atom. The standard InChI is InChI=1S/C13H15N3O2/c17-12-10-2-1-5-15-11(10)13(18)16(12)7-4-9-3-6-14-8-9/h1-2,5,9,14H,3-4,6-8H2. The maximum atomic E-state index is 12.1. The van der Waals surface area contributed by atoms with E-state index in [1.54, 1.807) is 18.3 Å². The maximum Gasteiger partial charge on any atom is 0.280 e. The number of nitrogens with zero attached hydrogens (tertiary/aromatic N) is 2. The Morgan fingerprint density at radius 3 is 3.00 bits per heavy atom. The highest BCUT2D eigenvalue weighted by Gasteiger charge is 2.36. The zero-order valence-electron chi connectivity index (χ0n) is 10.1. The monoisotopic (exact) mass is 245 g/mol. The van der Waals surface area contributed by atoms with Gasteiger partial charge < -0.3 is 5.32 Å². The summed E-state index contributed by atoms with van der Waals surface area (Å²) in [6.45, 7) is 2.52. The molecule has 2 amide bonds. The summed E-state index contributed by atoms with van der Waals surface area (Å²) < 4.78 is 0. The smallest absolute Gasteiger partial charge is 0.280 e. The Kier molecular flexibility index (Phi) is 2.83. The van der Waals surface area contributed by atoms with Gasteiger partial charge >= 0.3 is 0 Å². The minimum Gasteiger partial charge on any atom is -0.316 e. The highest BCUT2D eigenvalue weighted by atomic mass is 16.2.